The molecule has 1 aromatic carbocycles. The van der Waals surface area contributed by atoms with Gasteiger partial charge in [-0.05, 0) is 75.3 Å². The highest BCUT2D eigenvalue weighted by Gasteiger charge is 2.28. The summed E-state index contributed by atoms with van der Waals surface area (Å²) in [6.45, 7) is 4.79. The van der Waals surface area contributed by atoms with Crippen LogP contribution in [-0.4, -0.2) is 40.6 Å². The minimum absolute atomic E-state index is 0.0816. The quantitative estimate of drug-likeness (QED) is 0.575. The van der Waals surface area contributed by atoms with Crippen molar-refractivity contribution < 1.29 is 9.84 Å². The van der Waals surface area contributed by atoms with Gasteiger partial charge in [-0.2, -0.15) is 0 Å². The summed E-state index contributed by atoms with van der Waals surface area (Å²) < 4.78 is 5.74. The molecule has 0 fully saturated rings. The fourth-order valence-electron chi connectivity index (χ4n) is 4.33. The Kier molecular flexibility index (Phi) is 6.51. The summed E-state index contributed by atoms with van der Waals surface area (Å²) in [6, 6.07) is 6.18. The first-order valence-corrected chi connectivity index (χ1v) is 11.6. The molecule has 2 aliphatic carbocycles. The molecular formula is C23H30N4O2S. The number of benzene rings is 1. The molecule has 4 rings (SSSR count). The van der Waals surface area contributed by atoms with Gasteiger partial charge < -0.3 is 20.9 Å². The number of nitrogen functional groups attached to an aromatic ring is 1. The summed E-state index contributed by atoms with van der Waals surface area (Å²) in [5.74, 6) is 0.701. The van der Waals surface area contributed by atoms with E-state index in [1.165, 1.54) is 16.7 Å². The van der Waals surface area contributed by atoms with E-state index >= 15 is 0 Å². The van der Waals surface area contributed by atoms with Crippen molar-refractivity contribution in [2.24, 2.45) is 0 Å². The number of aliphatic hydroxyl groups is 1. The maximum Gasteiger partial charge on any atom is 0.148 e. The fraction of sp³-hybridized carbons (Fsp3) is 0.478. The molecule has 2 aromatic rings. The molecular weight excluding hydrogens is 396 g/mol. The highest BCUT2D eigenvalue weighted by atomic mass is 32.1. The third-order valence-corrected chi connectivity index (χ3v) is 6.60. The van der Waals surface area contributed by atoms with Crippen LogP contribution in [0.15, 0.2) is 35.4 Å². The van der Waals surface area contributed by atoms with E-state index in [1.807, 2.05) is 32.0 Å². The first-order chi connectivity index (χ1) is 14.6. The van der Waals surface area contributed by atoms with Crippen LogP contribution in [0.1, 0.15) is 51.0 Å². The molecule has 0 amide bonds. The van der Waals surface area contributed by atoms with Gasteiger partial charge in [0.2, 0.25) is 0 Å². The lowest BCUT2D eigenvalue weighted by Crippen LogP contribution is -2.36. The molecule has 0 spiro atoms. The molecule has 6 nitrogen and oxygen atoms in total. The van der Waals surface area contributed by atoms with E-state index in [-0.39, 0.29) is 12.7 Å². The third-order valence-electron chi connectivity index (χ3n) is 5.59. The molecule has 2 aliphatic rings. The van der Waals surface area contributed by atoms with Gasteiger partial charge in [0.15, 0.2) is 0 Å². The van der Waals surface area contributed by atoms with Gasteiger partial charge in [0.25, 0.3) is 0 Å². The average molecular weight is 427 g/mol. The number of aromatic nitrogens is 2. The van der Waals surface area contributed by atoms with Gasteiger partial charge in [0.05, 0.1) is 18.4 Å². The summed E-state index contributed by atoms with van der Waals surface area (Å²) in [4.78, 5) is 0. The molecule has 0 saturated carbocycles. The second kappa shape index (κ2) is 9.29. The Balaban J connectivity index is 1.59. The minimum atomic E-state index is 0.0816. The average Bonchev–Trinajstić information content (AvgIpc) is 3.23. The highest BCUT2D eigenvalue weighted by molar-refractivity contribution is 7.15. The van der Waals surface area contributed by atoms with E-state index in [4.69, 9.17) is 10.5 Å². The van der Waals surface area contributed by atoms with Gasteiger partial charge in [-0.1, -0.05) is 17.4 Å². The maximum absolute atomic E-state index is 9.19. The minimum Gasteiger partial charge on any atom is -0.489 e. The van der Waals surface area contributed by atoms with Crippen molar-refractivity contribution in [3.63, 3.8) is 0 Å². The van der Waals surface area contributed by atoms with E-state index in [0.717, 1.165) is 47.7 Å². The van der Waals surface area contributed by atoms with Crippen molar-refractivity contribution in [1.82, 2.24) is 15.5 Å². The molecule has 0 unspecified atom stereocenters. The van der Waals surface area contributed by atoms with Gasteiger partial charge in [-0.3, -0.25) is 0 Å². The SMILES string of the molecule is CC(C)Oc1ccc(-c2nnc(C3=CCCC4=C3CCC[C@@H]4NCCO)s2)cc1N. The smallest absolute Gasteiger partial charge is 0.148 e. The van der Waals surface area contributed by atoms with Gasteiger partial charge in [-0.25, -0.2) is 0 Å². The molecule has 160 valence electrons. The Morgan fingerprint density at radius 3 is 2.87 bits per heavy atom. The normalized spacial score (nSPS) is 19.1. The zero-order valence-corrected chi connectivity index (χ0v) is 18.5. The number of ether oxygens (including phenoxy) is 1. The van der Waals surface area contributed by atoms with Crippen LogP contribution >= 0.6 is 11.3 Å². The molecule has 1 atom stereocenters. The van der Waals surface area contributed by atoms with Crippen molar-refractivity contribution in [3.05, 3.63) is 40.4 Å². The number of hydrogen-bond acceptors (Lipinski definition) is 7. The van der Waals surface area contributed by atoms with Crippen LogP contribution < -0.4 is 15.8 Å². The third kappa shape index (κ3) is 4.43. The number of nitrogens with two attached hydrogens (primary N) is 1. The van der Waals surface area contributed by atoms with Crippen molar-refractivity contribution >= 4 is 22.6 Å². The zero-order chi connectivity index (χ0) is 21.1. The summed E-state index contributed by atoms with van der Waals surface area (Å²) in [5, 5.41) is 23.5. The van der Waals surface area contributed by atoms with Crippen molar-refractivity contribution in [2.45, 2.75) is 58.1 Å². The number of hydrogen-bond donors (Lipinski definition) is 3. The number of nitrogens with one attached hydrogen (secondary N) is 1. The van der Waals surface area contributed by atoms with Crippen molar-refractivity contribution in [1.29, 1.82) is 0 Å². The molecule has 0 saturated heterocycles. The predicted octanol–water partition coefficient (Wildman–Crippen LogP) is 4.18. The number of allylic oxidation sites excluding steroid dienone is 3. The maximum atomic E-state index is 9.19. The number of nitrogens with zero attached hydrogens (tertiary/aromatic N) is 2. The van der Waals surface area contributed by atoms with Crippen LogP contribution in [0, 0.1) is 0 Å². The van der Waals surface area contributed by atoms with E-state index in [2.05, 4.69) is 21.6 Å². The molecule has 1 aromatic heterocycles. The van der Waals surface area contributed by atoms with Crippen LogP contribution in [0.2, 0.25) is 0 Å². The standard InChI is InChI=1S/C23H30N4O2S/c1-14(2)29-21-10-9-15(13-19(21)24)22-26-27-23(30-22)18-7-3-6-17-16(18)5-4-8-20(17)25-11-12-28/h7,9-10,13-14,20,25,28H,3-6,8,11-12,24H2,1-2H3/t20-/m0/s1. The summed E-state index contributed by atoms with van der Waals surface area (Å²) in [5.41, 5.74) is 11.9. The highest BCUT2D eigenvalue weighted by Crippen LogP contribution is 2.42. The monoisotopic (exact) mass is 426 g/mol. The first-order valence-electron chi connectivity index (χ1n) is 10.7. The van der Waals surface area contributed by atoms with Crippen LogP contribution in [0.3, 0.4) is 0 Å². The lowest BCUT2D eigenvalue weighted by atomic mass is 9.79. The van der Waals surface area contributed by atoms with E-state index < -0.39 is 0 Å². The molecule has 0 bridgehead atoms. The van der Waals surface area contributed by atoms with Crippen molar-refractivity contribution in [3.8, 4) is 16.3 Å². The van der Waals surface area contributed by atoms with Crippen molar-refractivity contribution in [2.75, 3.05) is 18.9 Å². The van der Waals surface area contributed by atoms with Crippen LogP contribution in [-0.2, 0) is 0 Å². The Morgan fingerprint density at radius 2 is 2.10 bits per heavy atom. The predicted molar refractivity (Wildman–Crippen MR) is 122 cm³/mol. The molecule has 1 heterocycles. The molecule has 7 heteroatoms. The van der Waals surface area contributed by atoms with E-state index in [0.29, 0.717) is 24.0 Å². The fourth-order valence-corrected chi connectivity index (χ4v) is 5.24. The lowest BCUT2D eigenvalue weighted by Gasteiger charge is -2.32. The number of anilines is 1. The van der Waals surface area contributed by atoms with Gasteiger partial charge in [-0.15, -0.1) is 10.2 Å². The summed E-state index contributed by atoms with van der Waals surface area (Å²) in [6.07, 6.45) is 7.87. The summed E-state index contributed by atoms with van der Waals surface area (Å²) >= 11 is 1.61. The van der Waals surface area contributed by atoms with E-state index in [9.17, 15) is 5.11 Å². The Labute approximate surface area is 181 Å². The van der Waals surface area contributed by atoms with Gasteiger partial charge >= 0.3 is 0 Å². The molecule has 0 radical (unpaired) electrons. The number of aliphatic hydroxyl groups excluding tert-OH is 1. The van der Waals surface area contributed by atoms with E-state index in [1.54, 1.807) is 11.3 Å². The molecule has 30 heavy (non-hydrogen) atoms. The zero-order valence-electron chi connectivity index (χ0n) is 17.6. The molecule has 4 N–H and O–H groups in total. The summed E-state index contributed by atoms with van der Waals surface area (Å²) in [7, 11) is 0. The largest absolute Gasteiger partial charge is 0.489 e. The Bertz CT molecular complexity index is 964. The van der Waals surface area contributed by atoms with Crippen LogP contribution in [0.25, 0.3) is 16.1 Å². The van der Waals surface area contributed by atoms with Gasteiger partial charge in [0.1, 0.15) is 15.8 Å². The van der Waals surface area contributed by atoms with Gasteiger partial charge in [0, 0.05) is 23.7 Å². The van der Waals surface area contributed by atoms with Crippen LogP contribution in [0.4, 0.5) is 5.69 Å². The van der Waals surface area contributed by atoms with Crippen LogP contribution in [0.5, 0.6) is 5.75 Å². The topological polar surface area (TPSA) is 93.3 Å². The first kappa shape index (κ1) is 21.0. The number of rotatable bonds is 7. The Morgan fingerprint density at radius 1 is 1.27 bits per heavy atom. The second-order valence-electron chi connectivity index (χ2n) is 8.11. The molecule has 0 aliphatic heterocycles. The Hall–Kier alpha value is -2.22. The second-order valence-corrected chi connectivity index (χ2v) is 9.09. The lowest BCUT2D eigenvalue weighted by molar-refractivity contribution is 0.244.